The minimum Gasteiger partial charge on any atom is -0.279 e. The van der Waals surface area contributed by atoms with E-state index < -0.39 is 0 Å². The molecule has 0 aliphatic heterocycles. The lowest BCUT2D eigenvalue weighted by molar-refractivity contribution is 0.0936. The van der Waals surface area contributed by atoms with Gasteiger partial charge in [0, 0.05) is 5.41 Å². The Labute approximate surface area is 108 Å². The summed E-state index contributed by atoms with van der Waals surface area (Å²) in [6, 6.07) is 10.9. The molecule has 2 aliphatic rings. The van der Waals surface area contributed by atoms with Gasteiger partial charge in [0.15, 0.2) is 0 Å². The van der Waals surface area contributed by atoms with Crippen molar-refractivity contribution in [1.29, 1.82) is 0 Å². The van der Waals surface area contributed by atoms with Crippen molar-refractivity contribution >= 4 is 11.9 Å². The van der Waals surface area contributed by atoms with Crippen molar-refractivity contribution in [2.24, 2.45) is 11.3 Å². The predicted molar refractivity (Wildman–Crippen MR) is 70.0 cm³/mol. The second-order valence-electron chi connectivity index (χ2n) is 5.70. The Kier molecular flexibility index (Phi) is 3.14. The lowest BCUT2D eigenvalue weighted by atomic mass is 9.65. The van der Waals surface area contributed by atoms with E-state index >= 15 is 0 Å². The van der Waals surface area contributed by atoms with E-state index in [0.717, 1.165) is 5.92 Å². The van der Waals surface area contributed by atoms with Crippen molar-refractivity contribution in [1.82, 2.24) is 0 Å². The SMILES string of the molecule is ClOCC12CCCC(CC1)C2c1ccccc1. The Hall–Kier alpha value is -0.530. The molecule has 2 bridgehead atoms. The summed E-state index contributed by atoms with van der Waals surface area (Å²) in [7, 11) is 0. The van der Waals surface area contributed by atoms with Crippen LogP contribution in [0.3, 0.4) is 0 Å². The van der Waals surface area contributed by atoms with Gasteiger partial charge in [-0.05, 0) is 43.1 Å². The first kappa shape index (κ1) is 11.6. The number of hydrogen-bond acceptors (Lipinski definition) is 1. The molecule has 92 valence electrons. The zero-order chi connectivity index (χ0) is 11.7. The average Bonchev–Trinajstić information content (AvgIpc) is 2.58. The lowest BCUT2D eigenvalue weighted by Gasteiger charge is -2.40. The molecule has 0 heterocycles. The molecule has 0 spiro atoms. The van der Waals surface area contributed by atoms with Gasteiger partial charge in [-0.2, -0.15) is 0 Å². The molecule has 2 heteroatoms. The van der Waals surface area contributed by atoms with Crippen LogP contribution in [0.4, 0.5) is 0 Å². The van der Waals surface area contributed by atoms with E-state index in [1.807, 2.05) is 0 Å². The van der Waals surface area contributed by atoms with Gasteiger partial charge < -0.3 is 0 Å². The Morgan fingerprint density at radius 3 is 2.76 bits per heavy atom. The molecule has 2 saturated carbocycles. The van der Waals surface area contributed by atoms with Crippen LogP contribution in [0.15, 0.2) is 30.3 Å². The van der Waals surface area contributed by atoms with E-state index in [4.69, 9.17) is 16.2 Å². The topological polar surface area (TPSA) is 9.23 Å². The van der Waals surface area contributed by atoms with Gasteiger partial charge in [-0.25, -0.2) is 0 Å². The highest BCUT2D eigenvalue weighted by Gasteiger charge is 2.51. The maximum absolute atomic E-state index is 5.57. The second-order valence-corrected chi connectivity index (χ2v) is 5.91. The molecule has 1 aromatic carbocycles. The van der Waals surface area contributed by atoms with E-state index in [-0.39, 0.29) is 0 Å². The molecule has 17 heavy (non-hydrogen) atoms. The molecule has 1 aromatic rings. The molecule has 3 rings (SSSR count). The monoisotopic (exact) mass is 250 g/mol. The van der Waals surface area contributed by atoms with Crippen molar-refractivity contribution in [2.45, 2.75) is 38.0 Å². The first-order chi connectivity index (χ1) is 8.36. The van der Waals surface area contributed by atoms with Gasteiger partial charge in [-0.3, -0.25) is 4.29 Å². The maximum Gasteiger partial charge on any atom is 0.0744 e. The van der Waals surface area contributed by atoms with Crippen molar-refractivity contribution in [3.63, 3.8) is 0 Å². The van der Waals surface area contributed by atoms with Crippen LogP contribution in [-0.4, -0.2) is 6.61 Å². The largest absolute Gasteiger partial charge is 0.279 e. The van der Waals surface area contributed by atoms with Gasteiger partial charge in [0.05, 0.1) is 18.5 Å². The van der Waals surface area contributed by atoms with Gasteiger partial charge in [-0.15, -0.1) is 0 Å². The summed E-state index contributed by atoms with van der Waals surface area (Å²) in [5, 5.41) is 0. The van der Waals surface area contributed by atoms with E-state index in [1.54, 1.807) is 0 Å². The van der Waals surface area contributed by atoms with E-state index in [1.165, 1.54) is 37.7 Å². The Balaban J connectivity index is 1.96. The zero-order valence-electron chi connectivity index (χ0n) is 10.1. The Morgan fingerprint density at radius 1 is 1.18 bits per heavy atom. The standard InChI is InChI=1S/C15H19ClO/c16-17-11-15-9-4-7-13(8-10-15)14(15)12-5-2-1-3-6-12/h1-3,5-6,13-14H,4,7-11H2. The van der Waals surface area contributed by atoms with Gasteiger partial charge in [0.25, 0.3) is 0 Å². The quantitative estimate of drug-likeness (QED) is 0.766. The summed E-state index contributed by atoms with van der Waals surface area (Å²) in [6.45, 7) is 0.713. The van der Waals surface area contributed by atoms with Crippen LogP contribution in [0.1, 0.15) is 43.6 Å². The highest BCUT2D eigenvalue weighted by molar-refractivity contribution is 6.07. The van der Waals surface area contributed by atoms with Gasteiger partial charge in [0.2, 0.25) is 0 Å². The van der Waals surface area contributed by atoms with Crippen LogP contribution in [0.2, 0.25) is 0 Å². The number of benzene rings is 1. The van der Waals surface area contributed by atoms with Crippen LogP contribution in [0.5, 0.6) is 0 Å². The van der Waals surface area contributed by atoms with Gasteiger partial charge in [0.1, 0.15) is 0 Å². The van der Waals surface area contributed by atoms with Gasteiger partial charge >= 0.3 is 0 Å². The molecular weight excluding hydrogens is 232 g/mol. The summed E-state index contributed by atoms with van der Waals surface area (Å²) in [4.78, 5) is 0. The molecule has 0 saturated heterocycles. The van der Waals surface area contributed by atoms with Crippen molar-refractivity contribution in [3.8, 4) is 0 Å². The summed E-state index contributed by atoms with van der Waals surface area (Å²) in [6.07, 6.45) is 6.62. The van der Waals surface area contributed by atoms with E-state index in [0.29, 0.717) is 17.9 Å². The summed E-state index contributed by atoms with van der Waals surface area (Å²) in [5.74, 6) is 1.51. The number of halogens is 1. The fourth-order valence-electron chi connectivity index (χ4n) is 4.23. The van der Waals surface area contributed by atoms with Crippen LogP contribution >= 0.6 is 11.9 Å². The maximum atomic E-state index is 5.57. The smallest absolute Gasteiger partial charge is 0.0744 e. The molecule has 1 nitrogen and oxygen atoms in total. The van der Waals surface area contributed by atoms with Gasteiger partial charge in [-0.1, -0.05) is 36.8 Å². The Morgan fingerprint density at radius 2 is 2.00 bits per heavy atom. The third-order valence-electron chi connectivity index (χ3n) is 4.89. The molecule has 0 radical (unpaired) electrons. The predicted octanol–water partition coefficient (Wildman–Crippen LogP) is 4.52. The summed E-state index contributed by atoms with van der Waals surface area (Å²) in [5.41, 5.74) is 1.80. The van der Waals surface area contributed by atoms with Crippen molar-refractivity contribution in [2.75, 3.05) is 6.61 Å². The number of fused-ring (bicyclic) bond motifs is 2. The highest BCUT2D eigenvalue weighted by atomic mass is 35.5. The molecule has 3 unspecified atom stereocenters. The average molecular weight is 251 g/mol. The van der Waals surface area contributed by atoms with Crippen molar-refractivity contribution in [3.05, 3.63) is 35.9 Å². The summed E-state index contributed by atoms with van der Waals surface area (Å²) >= 11 is 5.57. The Bertz CT molecular complexity index is 368. The first-order valence-corrected chi connectivity index (χ1v) is 6.95. The molecular formula is C15H19ClO. The minimum absolute atomic E-state index is 0.312. The number of rotatable bonds is 3. The third kappa shape index (κ3) is 1.90. The zero-order valence-corrected chi connectivity index (χ0v) is 10.8. The molecule has 0 aromatic heterocycles. The third-order valence-corrected chi connectivity index (χ3v) is 5.00. The van der Waals surface area contributed by atoms with Crippen LogP contribution in [0.25, 0.3) is 0 Å². The van der Waals surface area contributed by atoms with Crippen LogP contribution in [-0.2, 0) is 4.29 Å². The molecule has 2 fully saturated rings. The van der Waals surface area contributed by atoms with E-state index in [2.05, 4.69) is 30.3 Å². The lowest BCUT2D eigenvalue weighted by Crippen LogP contribution is -2.34. The number of hydrogen-bond donors (Lipinski definition) is 0. The highest BCUT2D eigenvalue weighted by Crippen LogP contribution is 2.60. The van der Waals surface area contributed by atoms with Crippen LogP contribution < -0.4 is 0 Å². The fraction of sp³-hybridized carbons (Fsp3) is 0.600. The minimum atomic E-state index is 0.312. The molecule has 0 N–H and O–H groups in total. The van der Waals surface area contributed by atoms with Crippen molar-refractivity contribution < 1.29 is 4.29 Å². The molecule has 0 amide bonds. The molecule has 3 atom stereocenters. The fourth-order valence-corrected chi connectivity index (χ4v) is 4.45. The van der Waals surface area contributed by atoms with Crippen LogP contribution in [0, 0.1) is 11.3 Å². The van der Waals surface area contributed by atoms with E-state index in [9.17, 15) is 0 Å². The molecule has 2 aliphatic carbocycles. The summed E-state index contributed by atoms with van der Waals surface area (Å²) < 4.78 is 5.03. The first-order valence-electron chi connectivity index (χ1n) is 6.64. The normalized spacial score (nSPS) is 36.1. The second kappa shape index (κ2) is 4.62.